The molecule has 0 aromatic heterocycles. The molecule has 156 valence electrons. The van der Waals surface area contributed by atoms with Crippen molar-refractivity contribution in [2.75, 3.05) is 19.7 Å². The number of carbonyl (C=O) groups excluding carboxylic acids is 2. The smallest absolute Gasteiger partial charge is 0.258 e. The summed E-state index contributed by atoms with van der Waals surface area (Å²) < 4.78 is 19.2. The van der Waals surface area contributed by atoms with Gasteiger partial charge in [0.1, 0.15) is 11.6 Å². The van der Waals surface area contributed by atoms with E-state index < -0.39 is 0 Å². The van der Waals surface area contributed by atoms with Crippen LogP contribution in [0.2, 0.25) is 0 Å². The number of nitrogens with one attached hydrogen (secondary N) is 1. The van der Waals surface area contributed by atoms with E-state index in [0.29, 0.717) is 18.8 Å². The van der Waals surface area contributed by atoms with Crippen LogP contribution in [0.5, 0.6) is 5.75 Å². The minimum absolute atomic E-state index is 0.0987. The van der Waals surface area contributed by atoms with Crippen LogP contribution < -0.4 is 10.1 Å². The van der Waals surface area contributed by atoms with Gasteiger partial charge in [-0.3, -0.25) is 9.59 Å². The van der Waals surface area contributed by atoms with Crippen LogP contribution in [0.15, 0.2) is 55.1 Å². The van der Waals surface area contributed by atoms with Gasteiger partial charge >= 0.3 is 0 Å². The predicted molar refractivity (Wildman–Crippen MR) is 112 cm³/mol. The number of benzene rings is 2. The molecule has 5 nitrogen and oxygen atoms in total. The molecular weight excluding hydrogens is 383 g/mol. The maximum absolute atomic E-state index is 13.5. The molecule has 1 saturated carbocycles. The van der Waals surface area contributed by atoms with E-state index in [1.165, 1.54) is 12.1 Å². The van der Waals surface area contributed by atoms with Gasteiger partial charge in [-0.25, -0.2) is 4.39 Å². The molecule has 30 heavy (non-hydrogen) atoms. The molecule has 2 aromatic carbocycles. The van der Waals surface area contributed by atoms with E-state index in [9.17, 15) is 14.0 Å². The zero-order valence-corrected chi connectivity index (χ0v) is 16.8. The van der Waals surface area contributed by atoms with Crippen molar-refractivity contribution in [1.29, 1.82) is 0 Å². The number of ether oxygens (including phenoxy) is 1. The van der Waals surface area contributed by atoms with E-state index in [-0.39, 0.29) is 36.2 Å². The SMILES string of the molecule is C=CCNC(=O)COc1ccc2c(c1)C(c1ccc(F)cc1)N(C(=O)C1CC1)CC2. The number of fused-ring (bicyclic) bond motifs is 1. The first kappa shape index (κ1) is 20.1. The highest BCUT2D eigenvalue weighted by molar-refractivity contribution is 5.82. The number of hydrogen-bond donors (Lipinski definition) is 1. The fraction of sp³-hybridized carbons (Fsp3) is 0.333. The maximum atomic E-state index is 13.5. The van der Waals surface area contributed by atoms with Gasteiger partial charge in [-0.15, -0.1) is 6.58 Å². The number of amides is 2. The van der Waals surface area contributed by atoms with E-state index in [2.05, 4.69) is 11.9 Å². The first-order valence-electron chi connectivity index (χ1n) is 10.3. The zero-order valence-electron chi connectivity index (χ0n) is 16.8. The van der Waals surface area contributed by atoms with Gasteiger partial charge in [0.05, 0.1) is 6.04 Å². The van der Waals surface area contributed by atoms with Crippen molar-refractivity contribution in [3.8, 4) is 5.75 Å². The van der Waals surface area contributed by atoms with Crippen LogP contribution in [-0.2, 0) is 16.0 Å². The third-order valence-corrected chi connectivity index (χ3v) is 5.55. The molecule has 2 amide bonds. The molecule has 1 atom stereocenters. The van der Waals surface area contributed by atoms with Gasteiger partial charge in [-0.2, -0.15) is 0 Å². The topological polar surface area (TPSA) is 58.6 Å². The summed E-state index contributed by atoms with van der Waals surface area (Å²) in [5, 5.41) is 2.68. The third-order valence-electron chi connectivity index (χ3n) is 5.55. The van der Waals surface area contributed by atoms with Gasteiger partial charge in [0, 0.05) is 19.0 Å². The second-order valence-corrected chi connectivity index (χ2v) is 7.75. The van der Waals surface area contributed by atoms with Gasteiger partial charge < -0.3 is 15.0 Å². The Labute approximate surface area is 175 Å². The second-order valence-electron chi connectivity index (χ2n) is 7.75. The van der Waals surface area contributed by atoms with Crippen LogP contribution >= 0.6 is 0 Å². The Morgan fingerprint density at radius 3 is 2.67 bits per heavy atom. The molecule has 4 rings (SSSR count). The summed E-state index contributed by atoms with van der Waals surface area (Å²) in [6.07, 6.45) is 4.23. The molecule has 1 unspecified atom stereocenters. The molecule has 1 aliphatic carbocycles. The lowest BCUT2D eigenvalue weighted by atomic mass is 9.87. The van der Waals surface area contributed by atoms with Crippen molar-refractivity contribution >= 4 is 11.8 Å². The van der Waals surface area contributed by atoms with Crippen LogP contribution in [0, 0.1) is 11.7 Å². The number of hydrogen-bond acceptors (Lipinski definition) is 3. The summed E-state index contributed by atoms with van der Waals surface area (Å²) >= 11 is 0. The maximum Gasteiger partial charge on any atom is 0.258 e. The van der Waals surface area contributed by atoms with Crippen molar-refractivity contribution in [3.05, 3.63) is 77.6 Å². The van der Waals surface area contributed by atoms with Gasteiger partial charge in [0.15, 0.2) is 6.61 Å². The van der Waals surface area contributed by atoms with E-state index >= 15 is 0 Å². The standard InChI is InChI=1S/C24H25FN2O3/c1-2-12-26-22(28)15-30-20-10-7-16-11-13-27(24(29)18-3-4-18)23(21(16)14-20)17-5-8-19(25)9-6-17/h2,5-10,14,18,23H,1,3-4,11-13,15H2,(H,26,28). The molecule has 0 saturated heterocycles. The van der Waals surface area contributed by atoms with Gasteiger partial charge in [-0.1, -0.05) is 24.3 Å². The van der Waals surface area contributed by atoms with Crippen LogP contribution in [0.25, 0.3) is 0 Å². The Morgan fingerprint density at radius 1 is 1.20 bits per heavy atom. The molecule has 2 aromatic rings. The van der Waals surface area contributed by atoms with Crippen LogP contribution in [-0.4, -0.2) is 36.4 Å². The van der Waals surface area contributed by atoms with E-state index in [0.717, 1.165) is 36.0 Å². The number of rotatable bonds is 7. The number of halogens is 1. The fourth-order valence-corrected chi connectivity index (χ4v) is 3.88. The second kappa shape index (κ2) is 8.69. The molecular formula is C24H25FN2O3. The molecule has 1 N–H and O–H groups in total. The highest BCUT2D eigenvalue weighted by atomic mass is 19.1. The summed E-state index contributed by atoms with van der Waals surface area (Å²) in [6, 6.07) is 11.8. The predicted octanol–water partition coefficient (Wildman–Crippen LogP) is 3.39. The van der Waals surface area contributed by atoms with Crippen LogP contribution in [0.1, 0.15) is 35.6 Å². The lowest BCUT2D eigenvalue weighted by Crippen LogP contribution is -2.41. The average molecular weight is 408 g/mol. The summed E-state index contributed by atoms with van der Waals surface area (Å²) in [7, 11) is 0. The quantitative estimate of drug-likeness (QED) is 0.715. The molecule has 0 bridgehead atoms. The Bertz CT molecular complexity index is 953. The van der Waals surface area contributed by atoms with Crippen LogP contribution in [0.3, 0.4) is 0 Å². The third kappa shape index (κ3) is 4.37. The van der Waals surface area contributed by atoms with Gasteiger partial charge in [0.25, 0.3) is 5.91 Å². The summed E-state index contributed by atoms with van der Waals surface area (Å²) in [5.74, 6) is 0.286. The zero-order chi connectivity index (χ0) is 21.1. The Morgan fingerprint density at radius 2 is 1.97 bits per heavy atom. The van der Waals surface area contributed by atoms with Gasteiger partial charge in [-0.05, 0) is 60.2 Å². The molecule has 0 radical (unpaired) electrons. The summed E-state index contributed by atoms with van der Waals surface area (Å²) in [6.45, 7) is 4.49. The highest BCUT2D eigenvalue weighted by Gasteiger charge is 2.39. The Hall–Kier alpha value is -3.15. The fourth-order valence-electron chi connectivity index (χ4n) is 3.88. The van der Waals surface area contributed by atoms with E-state index in [4.69, 9.17) is 4.74 Å². The van der Waals surface area contributed by atoms with Crippen molar-refractivity contribution in [2.24, 2.45) is 5.92 Å². The Kier molecular flexibility index (Phi) is 5.84. The molecule has 6 heteroatoms. The first-order valence-corrected chi connectivity index (χ1v) is 10.3. The highest BCUT2D eigenvalue weighted by Crippen LogP contribution is 2.41. The molecule has 1 fully saturated rings. The average Bonchev–Trinajstić information content (AvgIpc) is 3.61. The van der Waals surface area contributed by atoms with Crippen molar-refractivity contribution in [1.82, 2.24) is 10.2 Å². The van der Waals surface area contributed by atoms with Gasteiger partial charge in [0.2, 0.25) is 5.91 Å². The summed E-state index contributed by atoms with van der Waals surface area (Å²) in [5.41, 5.74) is 2.96. The largest absolute Gasteiger partial charge is 0.484 e. The Balaban J connectivity index is 1.63. The van der Waals surface area contributed by atoms with Crippen molar-refractivity contribution < 1.29 is 18.7 Å². The minimum atomic E-state index is -0.308. The number of carbonyl (C=O) groups is 2. The molecule has 0 spiro atoms. The molecule has 2 aliphatic rings. The monoisotopic (exact) mass is 408 g/mol. The van der Waals surface area contributed by atoms with Crippen molar-refractivity contribution in [3.63, 3.8) is 0 Å². The normalized spacial score (nSPS) is 17.8. The lowest BCUT2D eigenvalue weighted by molar-refractivity contribution is -0.134. The van der Waals surface area contributed by atoms with E-state index in [1.54, 1.807) is 18.2 Å². The minimum Gasteiger partial charge on any atom is -0.484 e. The lowest BCUT2D eigenvalue weighted by Gasteiger charge is -2.38. The molecule has 1 heterocycles. The van der Waals surface area contributed by atoms with E-state index in [1.807, 2.05) is 23.1 Å². The molecule has 1 aliphatic heterocycles. The number of nitrogens with zero attached hydrogens (tertiary/aromatic N) is 1. The first-order chi connectivity index (χ1) is 14.6. The van der Waals surface area contributed by atoms with Crippen molar-refractivity contribution in [2.45, 2.75) is 25.3 Å². The van der Waals surface area contributed by atoms with Crippen LogP contribution in [0.4, 0.5) is 4.39 Å². The summed E-state index contributed by atoms with van der Waals surface area (Å²) in [4.78, 5) is 26.7.